The summed E-state index contributed by atoms with van der Waals surface area (Å²) in [6.45, 7) is 7.01. The maximum atomic E-state index is 13.0. The molecule has 156 valence electrons. The Hall–Kier alpha value is -2.80. The number of carbonyl (C=O) groups is 1. The fourth-order valence-corrected chi connectivity index (χ4v) is 5.18. The number of amides is 1. The molecule has 1 amide bonds. The lowest BCUT2D eigenvalue weighted by molar-refractivity contribution is -0.136. The smallest absolute Gasteiger partial charge is 0.229 e. The standard InChI is InChI=1S/C23H26N4O2S/c1-16-4-3-5-18(12-16)25-8-10-26(11-9-25)22(28)17-14-27(15-17)23-24-20-13-19(29-2)6-7-21(20)30-23/h3-7,12-13,17H,8-11,14-15H2,1-2H3. The van der Waals surface area contributed by atoms with Crippen LogP contribution in [0.1, 0.15) is 5.56 Å². The van der Waals surface area contributed by atoms with Crippen LogP contribution in [0.3, 0.4) is 0 Å². The number of fused-ring (bicyclic) bond motifs is 1. The molecule has 2 aliphatic heterocycles. The highest BCUT2D eigenvalue weighted by atomic mass is 32.1. The molecule has 0 bridgehead atoms. The quantitative estimate of drug-likeness (QED) is 0.645. The number of aryl methyl sites for hydroxylation is 1. The Labute approximate surface area is 180 Å². The molecule has 3 aromatic rings. The second-order valence-corrected chi connectivity index (χ2v) is 9.09. The van der Waals surface area contributed by atoms with Crippen molar-refractivity contribution in [2.24, 2.45) is 5.92 Å². The van der Waals surface area contributed by atoms with Gasteiger partial charge >= 0.3 is 0 Å². The predicted octanol–water partition coefficient (Wildman–Crippen LogP) is 3.40. The van der Waals surface area contributed by atoms with E-state index in [1.54, 1.807) is 18.4 Å². The van der Waals surface area contributed by atoms with Crippen molar-refractivity contribution >= 4 is 38.3 Å². The van der Waals surface area contributed by atoms with Crippen LogP contribution in [0.4, 0.5) is 10.8 Å². The Bertz CT molecular complexity index is 1070. The lowest BCUT2D eigenvalue weighted by atomic mass is 9.99. The zero-order chi connectivity index (χ0) is 20.7. The first-order chi connectivity index (χ1) is 14.6. The van der Waals surface area contributed by atoms with Crippen molar-refractivity contribution < 1.29 is 9.53 Å². The summed E-state index contributed by atoms with van der Waals surface area (Å²) in [5, 5.41) is 0.992. The molecule has 2 aliphatic rings. The van der Waals surface area contributed by atoms with Crippen LogP contribution in [-0.4, -0.2) is 62.2 Å². The van der Waals surface area contributed by atoms with Gasteiger partial charge in [-0.1, -0.05) is 23.5 Å². The minimum atomic E-state index is 0.0806. The molecule has 2 saturated heterocycles. The molecule has 0 spiro atoms. The van der Waals surface area contributed by atoms with Crippen molar-refractivity contribution in [1.82, 2.24) is 9.88 Å². The molecular weight excluding hydrogens is 396 g/mol. The van der Waals surface area contributed by atoms with E-state index >= 15 is 0 Å². The molecule has 0 aliphatic carbocycles. The summed E-state index contributed by atoms with van der Waals surface area (Å²) in [6, 6.07) is 14.6. The molecule has 3 heterocycles. The summed E-state index contributed by atoms with van der Waals surface area (Å²) in [5.74, 6) is 1.19. The van der Waals surface area contributed by atoms with Crippen LogP contribution in [0.2, 0.25) is 0 Å². The van der Waals surface area contributed by atoms with Crippen LogP contribution in [-0.2, 0) is 4.79 Å². The highest BCUT2D eigenvalue weighted by Crippen LogP contribution is 2.35. The van der Waals surface area contributed by atoms with E-state index in [2.05, 4.69) is 41.0 Å². The molecule has 0 radical (unpaired) electrons. The van der Waals surface area contributed by atoms with Crippen molar-refractivity contribution in [3.8, 4) is 5.75 Å². The Balaban J connectivity index is 1.16. The van der Waals surface area contributed by atoms with Crippen molar-refractivity contribution in [1.29, 1.82) is 0 Å². The van der Waals surface area contributed by atoms with Gasteiger partial charge in [-0.2, -0.15) is 0 Å². The van der Waals surface area contributed by atoms with Gasteiger partial charge in [0.1, 0.15) is 5.75 Å². The van der Waals surface area contributed by atoms with Crippen LogP contribution in [0.5, 0.6) is 5.75 Å². The van der Waals surface area contributed by atoms with Gasteiger partial charge in [0.05, 0.1) is 23.2 Å². The topological polar surface area (TPSA) is 48.9 Å². The number of hydrogen-bond donors (Lipinski definition) is 0. The average molecular weight is 423 g/mol. The maximum Gasteiger partial charge on any atom is 0.229 e. The minimum absolute atomic E-state index is 0.0806. The highest BCUT2D eigenvalue weighted by molar-refractivity contribution is 7.22. The summed E-state index contributed by atoms with van der Waals surface area (Å²) < 4.78 is 6.43. The number of methoxy groups -OCH3 is 1. The van der Waals surface area contributed by atoms with E-state index in [1.807, 2.05) is 23.1 Å². The van der Waals surface area contributed by atoms with Gasteiger partial charge < -0.3 is 19.4 Å². The van der Waals surface area contributed by atoms with E-state index in [-0.39, 0.29) is 11.8 Å². The number of piperazine rings is 1. The second kappa shape index (κ2) is 7.80. The molecule has 7 heteroatoms. The number of carbonyl (C=O) groups excluding carboxylic acids is 1. The van der Waals surface area contributed by atoms with Crippen molar-refractivity contribution in [3.63, 3.8) is 0 Å². The third-order valence-electron chi connectivity index (χ3n) is 6.04. The molecule has 2 fully saturated rings. The number of thiazole rings is 1. The largest absolute Gasteiger partial charge is 0.497 e. The van der Waals surface area contributed by atoms with E-state index in [0.717, 1.165) is 60.4 Å². The van der Waals surface area contributed by atoms with E-state index in [9.17, 15) is 4.79 Å². The van der Waals surface area contributed by atoms with Gasteiger partial charge in [0.15, 0.2) is 5.13 Å². The van der Waals surface area contributed by atoms with Gasteiger partial charge in [-0.25, -0.2) is 4.98 Å². The van der Waals surface area contributed by atoms with Crippen molar-refractivity contribution in [3.05, 3.63) is 48.0 Å². The van der Waals surface area contributed by atoms with E-state index in [0.29, 0.717) is 0 Å². The number of hydrogen-bond acceptors (Lipinski definition) is 6. The minimum Gasteiger partial charge on any atom is -0.497 e. The summed E-state index contributed by atoms with van der Waals surface area (Å²) >= 11 is 1.68. The van der Waals surface area contributed by atoms with Gasteiger partial charge in [0.25, 0.3) is 0 Å². The number of aromatic nitrogens is 1. The lowest BCUT2D eigenvalue weighted by Gasteiger charge is -2.43. The second-order valence-electron chi connectivity index (χ2n) is 8.08. The van der Waals surface area contributed by atoms with Crippen LogP contribution in [0.25, 0.3) is 10.2 Å². The molecule has 0 N–H and O–H groups in total. The predicted molar refractivity (Wildman–Crippen MR) is 122 cm³/mol. The van der Waals surface area contributed by atoms with Crippen LogP contribution in [0.15, 0.2) is 42.5 Å². The average Bonchev–Trinajstić information content (AvgIpc) is 3.15. The van der Waals surface area contributed by atoms with Crippen LogP contribution in [0, 0.1) is 12.8 Å². The van der Waals surface area contributed by atoms with Crippen LogP contribution >= 0.6 is 11.3 Å². The van der Waals surface area contributed by atoms with Gasteiger partial charge in [-0.05, 0) is 36.8 Å². The van der Waals surface area contributed by atoms with Gasteiger partial charge in [-0.3, -0.25) is 4.79 Å². The SMILES string of the molecule is COc1ccc2sc(N3CC(C(=O)N4CCN(c5cccc(C)c5)CC4)C3)nc2c1. The number of benzene rings is 2. The summed E-state index contributed by atoms with van der Waals surface area (Å²) in [5.41, 5.74) is 3.48. The van der Waals surface area contributed by atoms with Crippen molar-refractivity contribution in [2.45, 2.75) is 6.92 Å². The molecular formula is C23H26N4O2S. The Morgan fingerprint density at radius 2 is 1.87 bits per heavy atom. The zero-order valence-corrected chi connectivity index (χ0v) is 18.2. The summed E-state index contributed by atoms with van der Waals surface area (Å²) in [4.78, 5) is 24.3. The molecule has 0 saturated carbocycles. The normalized spacial score (nSPS) is 17.3. The summed E-state index contributed by atoms with van der Waals surface area (Å²) in [6.07, 6.45) is 0. The van der Waals surface area contributed by atoms with Gasteiger partial charge in [0, 0.05) is 51.0 Å². The zero-order valence-electron chi connectivity index (χ0n) is 17.4. The molecule has 2 aromatic carbocycles. The number of ether oxygens (including phenoxy) is 1. The fourth-order valence-electron chi connectivity index (χ4n) is 4.22. The maximum absolute atomic E-state index is 13.0. The third kappa shape index (κ3) is 3.58. The first-order valence-electron chi connectivity index (χ1n) is 10.4. The highest BCUT2D eigenvalue weighted by Gasteiger charge is 2.37. The van der Waals surface area contributed by atoms with Gasteiger partial charge in [-0.15, -0.1) is 0 Å². The number of anilines is 2. The molecule has 0 unspecified atom stereocenters. The number of rotatable bonds is 4. The molecule has 0 atom stereocenters. The monoisotopic (exact) mass is 422 g/mol. The number of nitrogens with zero attached hydrogens (tertiary/aromatic N) is 4. The first-order valence-corrected chi connectivity index (χ1v) is 11.2. The lowest BCUT2D eigenvalue weighted by Crippen LogP contribution is -2.58. The molecule has 5 rings (SSSR count). The molecule has 6 nitrogen and oxygen atoms in total. The van der Waals surface area contributed by atoms with Crippen LogP contribution < -0.4 is 14.5 Å². The fraction of sp³-hybridized carbons (Fsp3) is 0.391. The Kier molecular flexibility index (Phi) is 4.98. The Morgan fingerprint density at radius 3 is 2.60 bits per heavy atom. The van der Waals surface area contributed by atoms with Gasteiger partial charge in [0.2, 0.25) is 5.91 Å². The molecule has 30 heavy (non-hydrogen) atoms. The first kappa shape index (κ1) is 19.2. The van der Waals surface area contributed by atoms with E-state index in [4.69, 9.17) is 9.72 Å². The Morgan fingerprint density at radius 1 is 1.07 bits per heavy atom. The molecule has 1 aromatic heterocycles. The van der Waals surface area contributed by atoms with E-state index < -0.39 is 0 Å². The summed E-state index contributed by atoms with van der Waals surface area (Å²) in [7, 11) is 1.67. The van der Waals surface area contributed by atoms with Crippen molar-refractivity contribution in [2.75, 3.05) is 56.2 Å². The third-order valence-corrected chi connectivity index (χ3v) is 7.14. The van der Waals surface area contributed by atoms with E-state index in [1.165, 1.54) is 11.3 Å².